The van der Waals surface area contributed by atoms with Crippen LogP contribution in [0.25, 0.3) is 10.9 Å². The molecular formula is C28H26F2N6O. The SMILES string of the molecule is CCc1ccc2[nH]c(=O)c(CN(Cc3ccc(F)cc3)Cc3nnnn3Cc3ccc(F)cc3)cc2c1. The van der Waals surface area contributed by atoms with Crippen molar-refractivity contribution in [3.63, 3.8) is 0 Å². The molecule has 5 rings (SSSR count). The lowest BCUT2D eigenvalue weighted by atomic mass is 10.1. The number of tetrazole rings is 1. The van der Waals surface area contributed by atoms with Gasteiger partial charge in [0.2, 0.25) is 0 Å². The Kier molecular flexibility index (Phi) is 7.14. The van der Waals surface area contributed by atoms with Crippen LogP contribution in [0, 0.1) is 11.6 Å². The molecule has 0 spiro atoms. The van der Waals surface area contributed by atoms with Crippen LogP contribution in [0.5, 0.6) is 0 Å². The first kappa shape index (κ1) is 24.5. The van der Waals surface area contributed by atoms with E-state index in [4.69, 9.17) is 0 Å². The minimum Gasteiger partial charge on any atom is -0.322 e. The molecule has 0 aliphatic rings. The van der Waals surface area contributed by atoms with Crippen molar-refractivity contribution in [3.8, 4) is 0 Å². The Balaban J connectivity index is 1.44. The highest BCUT2D eigenvalue weighted by molar-refractivity contribution is 5.79. The number of fused-ring (bicyclic) bond motifs is 1. The van der Waals surface area contributed by atoms with Crippen LogP contribution in [0.4, 0.5) is 8.78 Å². The molecule has 0 unspecified atom stereocenters. The molecule has 7 nitrogen and oxygen atoms in total. The number of hydrogen-bond acceptors (Lipinski definition) is 5. The molecule has 0 amide bonds. The number of benzene rings is 3. The zero-order valence-corrected chi connectivity index (χ0v) is 20.4. The predicted octanol–water partition coefficient (Wildman–Crippen LogP) is 4.61. The average Bonchev–Trinajstić information content (AvgIpc) is 3.33. The van der Waals surface area contributed by atoms with E-state index < -0.39 is 0 Å². The van der Waals surface area contributed by atoms with Gasteiger partial charge < -0.3 is 4.98 Å². The van der Waals surface area contributed by atoms with E-state index in [9.17, 15) is 13.6 Å². The summed E-state index contributed by atoms with van der Waals surface area (Å²) in [5.41, 5.74) is 4.18. The largest absolute Gasteiger partial charge is 0.322 e. The Bertz CT molecular complexity index is 1560. The molecule has 2 aromatic heterocycles. The Labute approximate surface area is 212 Å². The normalized spacial score (nSPS) is 11.5. The third-order valence-electron chi connectivity index (χ3n) is 6.32. The molecule has 0 aliphatic carbocycles. The Morgan fingerprint density at radius 3 is 2.22 bits per heavy atom. The van der Waals surface area contributed by atoms with Crippen LogP contribution in [-0.2, 0) is 32.6 Å². The number of nitrogens with zero attached hydrogens (tertiary/aromatic N) is 5. The van der Waals surface area contributed by atoms with Gasteiger partial charge in [-0.1, -0.05) is 37.3 Å². The Hall–Kier alpha value is -4.24. The summed E-state index contributed by atoms with van der Waals surface area (Å²) in [4.78, 5) is 18.0. The highest BCUT2D eigenvalue weighted by Crippen LogP contribution is 2.18. The summed E-state index contributed by atoms with van der Waals surface area (Å²) in [6.07, 6.45) is 0.901. The molecule has 0 saturated carbocycles. The summed E-state index contributed by atoms with van der Waals surface area (Å²) in [5.74, 6) is -0.0222. The van der Waals surface area contributed by atoms with Crippen molar-refractivity contribution in [2.24, 2.45) is 0 Å². The second kappa shape index (κ2) is 10.8. The monoisotopic (exact) mass is 500 g/mol. The van der Waals surface area contributed by atoms with E-state index in [1.165, 1.54) is 29.8 Å². The predicted molar refractivity (Wildman–Crippen MR) is 137 cm³/mol. The van der Waals surface area contributed by atoms with Crippen LogP contribution < -0.4 is 5.56 Å². The lowest BCUT2D eigenvalue weighted by Gasteiger charge is -2.22. The first-order valence-corrected chi connectivity index (χ1v) is 12.1. The third-order valence-corrected chi connectivity index (χ3v) is 6.32. The summed E-state index contributed by atoms with van der Waals surface area (Å²) in [6, 6.07) is 20.4. The topological polar surface area (TPSA) is 79.7 Å². The standard InChI is InChI=1S/C28H26F2N6O/c1-2-19-7-12-26-22(13-19)14-23(28(37)31-26)17-35(15-20-3-8-24(29)9-4-20)18-27-32-33-34-36(27)16-21-5-10-25(30)11-6-21/h3-14H,2,15-18H2,1H3,(H,31,37). The van der Waals surface area contributed by atoms with E-state index in [2.05, 4.69) is 33.5 Å². The average molecular weight is 501 g/mol. The van der Waals surface area contributed by atoms with Gasteiger partial charge >= 0.3 is 0 Å². The molecule has 188 valence electrons. The molecule has 2 heterocycles. The van der Waals surface area contributed by atoms with Crippen molar-refractivity contribution in [2.45, 2.75) is 39.5 Å². The van der Waals surface area contributed by atoms with Crippen LogP contribution in [0.3, 0.4) is 0 Å². The van der Waals surface area contributed by atoms with Gasteiger partial charge in [0.1, 0.15) is 11.6 Å². The van der Waals surface area contributed by atoms with E-state index in [-0.39, 0.29) is 17.2 Å². The highest BCUT2D eigenvalue weighted by Gasteiger charge is 2.16. The number of halogens is 2. The van der Waals surface area contributed by atoms with Crippen LogP contribution in [0.1, 0.15) is 35.0 Å². The molecule has 0 aliphatic heterocycles. The number of hydrogen-bond donors (Lipinski definition) is 1. The van der Waals surface area contributed by atoms with Gasteiger partial charge in [-0.25, -0.2) is 13.5 Å². The number of aromatic nitrogens is 5. The summed E-state index contributed by atoms with van der Waals surface area (Å²) in [6.45, 7) is 3.61. The van der Waals surface area contributed by atoms with Crippen molar-refractivity contribution in [1.82, 2.24) is 30.1 Å². The van der Waals surface area contributed by atoms with E-state index in [0.29, 0.717) is 37.6 Å². The smallest absolute Gasteiger partial charge is 0.252 e. The number of pyridine rings is 1. The van der Waals surface area contributed by atoms with Crippen molar-refractivity contribution in [1.29, 1.82) is 0 Å². The Morgan fingerprint density at radius 1 is 0.838 bits per heavy atom. The molecule has 0 radical (unpaired) electrons. The molecule has 5 aromatic rings. The molecule has 37 heavy (non-hydrogen) atoms. The minimum absolute atomic E-state index is 0.160. The van der Waals surface area contributed by atoms with Crippen molar-refractivity contribution in [3.05, 3.63) is 123 Å². The number of nitrogens with one attached hydrogen (secondary N) is 1. The first-order valence-electron chi connectivity index (χ1n) is 12.1. The zero-order chi connectivity index (χ0) is 25.8. The van der Waals surface area contributed by atoms with E-state index in [1.54, 1.807) is 28.9 Å². The van der Waals surface area contributed by atoms with Gasteiger partial charge in [-0.3, -0.25) is 9.69 Å². The molecule has 0 atom stereocenters. The van der Waals surface area contributed by atoms with Crippen LogP contribution in [0.15, 0.2) is 77.6 Å². The lowest BCUT2D eigenvalue weighted by molar-refractivity contribution is 0.236. The fraction of sp³-hybridized carbons (Fsp3) is 0.214. The molecule has 9 heteroatoms. The van der Waals surface area contributed by atoms with Gasteiger partial charge in [-0.2, -0.15) is 0 Å². The van der Waals surface area contributed by atoms with Gasteiger partial charge in [0.25, 0.3) is 5.56 Å². The van der Waals surface area contributed by atoms with Crippen molar-refractivity contribution in [2.75, 3.05) is 0 Å². The van der Waals surface area contributed by atoms with E-state index in [1.807, 2.05) is 23.1 Å². The fourth-order valence-electron chi connectivity index (χ4n) is 4.32. The second-order valence-corrected chi connectivity index (χ2v) is 9.05. The number of rotatable bonds is 9. The first-order chi connectivity index (χ1) is 18.0. The van der Waals surface area contributed by atoms with Crippen molar-refractivity contribution >= 4 is 10.9 Å². The number of aryl methyl sites for hydroxylation is 1. The van der Waals surface area contributed by atoms with Gasteiger partial charge in [0.15, 0.2) is 5.82 Å². The second-order valence-electron chi connectivity index (χ2n) is 9.05. The number of aromatic amines is 1. The molecule has 0 fully saturated rings. The minimum atomic E-state index is -0.309. The van der Waals surface area contributed by atoms with E-state index >= 15 is 0 Å². The summed E-state index contributed by atoms with van der Waals surface area (Å²) < 4.78 is 28.5. The highest BCUT2D eigenvalue weighted by atomic mass is 19.1. The summed E-state index contributed by atoms with van der Waals surface area (Å²) >= 11 is 0. The van der Waals surface area contributed by atoms with Gasteiger partial charge in [0, 0.05) is 24.2 Å². The van der Waals surface area contributed by atoms with Crippen LogP contribution in [0.2, 0.25) is 0 Å². The molecule has 0 bridgehead atoms. The summed E-state index contributed by atoms with van der Waals surface area (Å²) in [7, 11) is 0. The van der Waals surface area contributed by atoms with E-state index in [0.717, 1.165) is 28.5 Å². The third kappa shape index (κ3) is 5.95. The maximum atomic E-state index is 13.5. The zero-order valence-electron chi connectivity index (χ0n) is 20.4. The quantitative estimate of drug-likeness (QED) is 0.320. The molecular weight excluding hydrogens is 474 g/mol. The lowest BCUT2D eigenvalue weighted by Crippen LogP contribution is -2.28. The molecule has 3 aromatic carbocycles. The fourth-order valence-corrected chi connectivity index (χ4v) is 4.32. The number of H-pyrrole nitrogens is 1. The Morgan fingerprint density at radius 2 is 1.51 bits per heavy atom. The van der Waals surface area contributed by atoms with Crippen LogP contribution in [-0.4, -0.2) is 30.1 Å². The maximum absolute atomic E-state index is 13.5. The maximum Gasteiger partial charge on any atom is 0.252 e. The van der Waals surface area contributed by atoms with Crippen molar-refractivity contribution < 1.29 is 8.78 Å². The molecule has 0 saturated heterocycles. The summed E-state index contributed by atoms with van der Waals surface area (Å²) in [5, 5.41) is 13.1. The van der Waals surface area contributed by atoms with Crippen LogP contribution >= 0.6 is 0 Å². The van der Waals surface area contributed by atoms with Gasteiger partial charge in [-0.15, -0.1) is 5.10 Å². The van der Waals surface area contributed by atoms with Gasteiger partial charge in [-0.05, 0) is 81.4 Å². The molecule has 1 N–H and O–H groups in total. The van der Waals surface area contributed by atoms with Gasteiger partial charge in [0.05, 0.1) is 13.1 Å².